The molecule has 0 bridgehead atoms. The molecule has 4 aliphatic rings. The SMILES string of the molecule is O=C1[C@H]2[C@H](CC=C3[C@H]2C[C@H]2C(=O)N(c4cccc(Cl)c4)C(=O)[C@@]2(c2ccccc2)[C@H]3c2ccccc2OCCO)C(=O)N1O. The topological polar surface area (TPSA) is 124 Å². The molecule has 3 aromatic carbocycles. The maximum absolute atomic E-state index is 15.1. The largest absolute Gasteiger partial charge is 0.491 e. The van der Waals surface area contributed by atoms with Crippen molar-refractivity contribution in [3.05, 3.63) is 107 Å². The van der Waals surface area contributed by atoms with Crippen LogP contribution in [0.25, 0.3) is 0 Å². The molecule has 224 valence electrons. The summed E-state index contributed by atoms with van der Waals surface area (Å²) in [6.45, 7) is -0.226. The summed E-state index contributed by atoms with van der Waals surface area (Å²) >= 11 is 6.33. The van der Waals surface area contributed by atoms with Gasteiger partial charge in [-0.2, -0.15) is 5.06 Å². The van der Waals surface area contributed by atoms with Gasteiger partial charge in [0.15, 0.2) is 0 Å². The van der Waals surface area contributed by atoms with E-state index < -0.39 is 58.6 Å². The zero-order valence-electron chi connectivity index (χ0n) is 23.5. The Morgan fingerprint density at radius 2 is 1.64 bits per heavy atom. The zero-order chi connectivity index (χ0) is 30.7. The Morgan fingerprint density at radius 3 is 2.39 bits per heavy atom. The van der Waals surface area contributed by atoms with Gasteiger partial charge in [0, 0.05) is 16.5 Å². The van der Waals surface area contributed by atoms with Crippen LogP contribution in [-0.4, -0.2) is 52.2 Å². The first-order valence-corrected chi connectivity index (χ1v) is 15.0. The molecule has 0 unspecified atom stereocenters. The van der Waals surface area contributed by atoms with Crippen molar-refractivity contribution in [2.45, 2.75) is 24.2 Å². The van der Waals surface area contributed by atoms with Crippen LogP contribution in [0.15, 0.2) is 90.5 Å². The van der Waals surface area contributed by atoms with Gasteiger partial charge in [-0.3, -0.25) is 24.4 Å². The maximum Gasteiger partial charge on any atom is 0.257 e. The second kappa shape index (κ2) is 10.7. The van der Waals surface area contributed by atoms with E-state index in [1.165, 1.54) is 4.90 Å². The average molecular weight is 613 g/mol. The van der Waals surface area contributed by atoms with E-state index in [0.29, 0.717) is 27.6 Å². The molecule has 2 aliphatic heterocycles. The number of allylic oxidation sites excluding steroid dienone is 2. The highest BCUT2D eigenvalue weighted by Gasteiger charge is 2.70. The fourth-order valence-electron chi connectivity index (χ4n) is 8.08. The zero-order valence-corrected chi connectivity index (χ0v) is 24.3. The van der Waals surface area contributed by atoms with Crippen molar-refractivity contribution < 1.29 is 34.2 Å². The smallest absolute Gasteiger partial charge is 0.257 e. The number of halogens is 1. The van der Waals surface area contributed by atoms with Crippen LogP contribution in [0.1, 0.15) is 29.9 Å². The van der Waals surface area contributed by atoms with E-state index in [1.807, 2.05) is 48.5 Å². The molecule has 0 radical (unpaired) electrons. The van der Waals surface area contributed by atoms with Gasteiger partial charge >= 0.3 is 0 Å². The molecule has 2 N–H and O–H groups in total. The Kier molecular flexibility index (Phi) is 6.92. The van der Waals surface area contributed by atoms with Gasteiger partial charge in [-0.25, -0.2) is 4.90 Å². The van der Waals surface area contributed by atoms with Crippen molar-refractivity contribution in [1.29, 1.82) is 0 Å². The highest BCUT2D eigenvalue weighted by molar-refractivity contribution is 6.32. The van der Waals surface area contributed by atoms with Crippen LogP contribution in [0.4, 0.5) is 5.69 Å². The van der Waals surface area contributed by atoms with E-state index in [9.17, 15) is 24.7 Å². The Hall–Kier alpha value is -4.31. The molecule has 44 heavy (non-hydrogen) atoms. The van der Waals surface area contributed by atoms with Crippen LogP contribution in [0.2, 0.25) is 5.02 Å². The predicted molar refractivity (Wildman–Crippen MR) is 159 cm³/mol. The molecule has 0 spiro atoms. The normalized spacial score (nSPS) is 29.3. The molecule has 3 fully saturated rings. The molecule has 2 saturated heterocycles. The number of hydrogen-bond acceptors (Lipinski definition) is 7. The second-order valence-electron chi connectivity index (χ2n) is 11.7. The minimum Gasteiger partial charge on any atom is -0.491 e. The van der Waals surface area contributed by atoms with E-state index in [0.717, 1.165) is 5.57 Å². The lowest BCUT2D eigenvalue weighted by Crippen LogP contribution is -2.53. The lowest BCUT2D eigenvalue weighted by Gasteiger charge is -2.50. The molecular formula is C34H29ClN2O7. The van der Waals surface area contributed by atoms with Crippen molar-refractivity contribution >= 4 is 40.9 Å². The average Bonchev–Trinajstić information content (AvgIpc) is 3.40. The van der Waals surface area contributed by atoms with Crippen LogP contribution in [-0.2, 0) is 24.6 Å². The van der Waals surface area contributed by atoms with Gasteiger partial charge in [-0.05, 0) is 48.6 Å². The number of nitrogens with zero attached hydrogens (tertiary/aromatic N) is 2. The van der Waals surface area contributed by atoms with Crippen LogP contribution in [0.3, 0.4) is 0 Å². The van der Waals surface area contributed by atoms with Crippen molar-refractivity contribution in [2.24, 2.45) is 23.7 Å². The van der Waals surface area contributed by atoms with Gasteiger partial charge in [0.1, 0.15) is 12.4 Å². The van der Waals surface area contributed by atoms with Crippen molar-refractivity contribution in [2.75, 3.05) is 18.1 Å². The molecule has 2 heterocycles. The first-order chi connectivity index (χ1) is 21.3. The lowest BCUT2D eigenvalue weighted by atomic mass is 9.49. The predicted octanol–water partition coefficient (Wildman–Crippen LogP) is 4.26. The molecule has 4 amide bonds. The number of para-hydroxylation sites is 1. The molecule has 2 aliphatic carbocycles. The van der Waals surface area contributed by atoms with Crippen molar-refractivity contribution in [3.8, 4) is 5.75 Å². The number of benzene rings is 3. The number of ether oxygens (including phenoxy) is 1. The maximum atomic E-state index is 15.1. The highest BCUT2D eigenvalue weighted by Crippen LogP contribution is 2.65. The summed E-state index contributed by atoms with van der Waals surface area (Å²) < 4.78 is 6.01. The second-order valence-corrected chi connectivity index (χ2v) is 12.1. The Morgan fingerprint density at radius 1 is 0.886 bits per heavy atom. The van der Waals surface area contributed by atoms with Crippen molar-refractivity contribution in [1.82, 2.24) is 5.06 Å². The third-order valence-corrected chi connectivity index (χ3v) is 9.96. The summed E-state index contributed by atoms with van der Waals surface area (Å²) in [7, 11) is 0. The molecule has 1 saturated carbocycles. The summed E-state index contributed by atoms with van der Waals surface area (Å²) in [5, 5.41) is 20.5. The Balaban J connectivity index is 1.52. The number of amides is 4. The molecule has 9 nitrogen and oxygen atoms in total. The fourth-order valence-corrected chi connectivity index (χ4v) is 8.26. The number of carbonyl (C=O) groups excluding carboxylic acids is 4. The summed E-state index contributed by atoms with van der Waals surface area (Å²) in [4.78, 5) is 57.2. The van der Waals surface area contributed by atoms with E-state index in [4.69, 9.17) is 16.3 Å². The number of imide groups is 2. The number of carbonyl (C=O) groups is 4. The monoisotopic (exact) mass is 612 g/mol. The quantitative estimate of drug-likeness (QED) is 0.242. The molecular weight excluding hydrogens is 584 g/mol. The standard InChI is InChI=1S/C34H29ClN2O7/c35-20-9-6-10-21(17-20)36-31(40)26-18-25-22(13-14-24-28(25)32(41)37(43)30(24)39)29(23-11-4-5-12-27(23)44-16-15-38)34(26,33(36)42)19-7-2-1-3-8-19/h1-13,17,24-26,28-29,38,43H,14-16,18H2/t24-,25+,26-,28-,29+,34+/m0/s1. The molecule has 6 atom stereocenters. The van der Waals surface area contributed by atoms with Gasteiger partial charge < -0.3 is 9.84 Å². The highest BCUT2D eigenvalue weighted by atomic mass is 35.5. The fraction of sp³-hybridized carbons (Fsp3) is 0.294. The van der Waals surface area contributed by atoms with Gasteiger partial charge in [0.25, 0.3) is 11.8 Å². The summed E-state index contributed by atoms with van der Waals surface area (Å²) in [5.74, 6) is -5.73. The summed E-state index contributed by atoms with van der Waals surface area (Å²) in [6.07, 6.45) is 2.22. The minimum absolute atomic E-state index is 0.00660. The Labute approximate surface area is 258 Å². The van der Waals surface area contributed by atoms with E-state index in [2.05, 4.69) is 0 Å². The van der Waals surface area contributed by atoms with Crippen molar-refractivity contribution in [3.63, 3.8) is 0 Å². The molecule has 7 rings (SSSR count). The molecule has 3 aromatic rings. The Bertz CT molecular complexity index is 1730. The number of anilines is 1. The van der Waals surface area contributed by atoms with Gasteiger partial charge in [0.05, 0.1) is 35.5 Å². The van der Waals surface area contributed by atoms with Crippen LogP contribution in [0.5, 0.6) is 5.75 Å². The van der Waals surface area contributed by atoms with Gasteiger partial charge in [0.2, 0.25) is 11.8 Å². The molecule has 10 heteroatoms. The summed E-state index contributed by atoms with van der Waals surface area (Å²) in [5.41, 5.74) is 0.894. The number of aliphatic hydroxyl groups is 1. The number of fused-ring (bicyclic) bond motifs is 4. The van der Waals surface area contributed by atoms with E-state index in [1.54, 1.807) is 36.4 Å². The number of aliphatic hydroxyl groups excluding tert-OH is 1. The van der Waals surface area contributed by atoms with E-state index >= 15 is 4.79 Å². The summed E-state index contributed by atoms with van der Waals surface area (Å²) in [6, 6.07) is 23.0. The first-order valence-electron chi connectivity index (χ1n) is 14.6. The van der Waals surface area contributed by atoms with E-state index in [-0.39, 0.29) is 31.1 Å². The van der Waals surface area contributed by atoms with Gasteiger partial charge in [-0.15, -0.1) is 0 Å². The van der Waals surface area contributed by atoms with Crippen LogP contribution < -0.4 is 9.64 Å². The third kappa shape index (κ3) is 3.93. The number of hydrogen-bond donors (Lipinski definition) is 2. The third-order valence-electron chi connectivity index (χ3n) is 9.72. The number of hydroxylamine groups is 2. The molecule has 0 aromatic heterocycles. The van der Waals surface area contributed by atoms with Crippen LogP contribution in [0, 0.1) is 23.7 Å². The number of rotatable bonds is 6. The first kappa shape index (κ1) is 28.5. The van der Waals surface area contributed by atoms with Crippen LogP contribution >= 0.6 is 11.6 Å². The van der Waals surface area contributed by atoms with Gasteiger partial charge in [-0.1, -0.05) is 77.8 Å². The lowest BCUT2D eigenvalue weighted by molar-refractivity contribution is -0.173. The minimum atomic E-state index is -1.45.